The highest BCUT2D eigenvalue weighted by molar-refractivity contribution is 5.83. The molecule has 2 nitrogen and oxygen atoms in total. The standard InChI is InChI=1S/C17H12F2O2/c18-15-7-11(10-20)8-16(19)17(15)21-14-6-5-12-3-1-2-4-13(12)9-14/h1-9,20H,10H2. The van der Waals surface area contributed by atoms with Crippen molar-refractivity contribution in [2.45, 2.75) is 6.61 Å². The van der Waals surface area contributed by atoms with Gasteiger partial charge in [0.2, 0.25) is 0 Å². The van der Waals surface area contributed by atoms with Crippen LogP contribution in [0.1, 0.15) is 5.56 Å². The Morgan fingerprint density at radius 2 is 1.52 bits per heavy atom. The van der Waals surface area contributed by atoms with Gasteiger partial charge in [0.05, 0.1) is 6.61 Å². The number of hydrogen-bond acceptors (Lipinski definition) is 2. The lowest BCUT2D eigenvalue weighted by molar-refractivity contribution is 0.279. The maximum atomic E-state index is 13.8. The Balaban J connectivity index is 1.98. The summed E-state index contributed by atoms with van der Waals surface area (Å²) in [5, 5.41) is 10.8. The van der Waals surface area contributed by atoms with Crippen molar-refractivity contribution in [2.24, 2.45) is 0 Å². The van der Waals surface area contributed by atoms with Gasteiger partial charge in [-0.3, -0.25) is 0 Å². The molecule has 0 aliphatic carbocycles. The topological polar surface area (TPSA) is 29.5 Å². The number of halogens is 2. The van der Waals surface area contributed by atoms with Crippen molar-refractivity contribution in [1.29, 1.82) is 0 Å². The fourth-order valence-corrected chi connectivity index (χ4v) is 2.15. The Bertz CT molecular complexity index is 777. The molecular weight excluding hydrogens is 274 g/mol. The van der Waals surface area contributed by atoms with E-state index in [0.717, 1.165) is 22.9 Å². The van der Waals surface area contributed by atoms with E-state index in [1.807, 2.05) is 30.3 Å². The summed E-state index contributed by atoms with van der Waals surface area (Å²) < 4.78 is 33.0. The van der Waals surface area contributed by atoms with E-state index in [1.54, 1.807) is 12.1 Å². The van der Waals surface area contributed by atoms with Gasteiger partial charge in [-0.25, -0.2) is 8.78 Å². The number of rotatable bonds is 3. The summed E-state index contributed by atoms with van der Waals surface area (Å²) in [5.41, 5.74) is 0.163. The van der Waals surface area contributed by atoms with E-state index in [1.165, 1.54) is 0 Å². The summed E-state index contributed by atoms with van der Waals surface area (Å²) in [7, 11) is 0. The molecule has 0 unspecified atom stereocenters. The predicted octanol–water partition coefficient (Wildman–Crippen LogP) is 4.40. The molecule has 3 aromatic carbocycles. The van der Waals surface area contributed by atoms with E-state index in [9.17, 15) is 8.78 Å². The van der Waals surface area contributed by atoms with Crippen LogP contribution in [-0.2, 0) is 6.61 Å². The number of fused-ring (bicyclic) bond motifs is 1. The average molecular weight is 286 g/mol. The second-order valence-electron chi connectivity index (χ2n) is 4.66. The monoisotopic (exact) mass is 286 g/mol. The maximum Gasteiger partial charge on any atom is 0.198 e. The molecule has 0 saturated heterocycles. The first-order valence-electron chi connectivity index (χ1n) is 6.43. The third-order valence-corrected chi connectivity index (χ3v) is 3.18. The van der Waals surface area contributed by atoms with E-state index in [-0.39, 0.29) is 5.56 Å². The van der Waals surface area contributed by atoms with Gasteiger partial charge < -0.3 is 9.84 Å². The fourth-order valence-electron chi connectivity index (χ4n) is 2.15. The molecule has 0 bridgehead atoms. The molecule has 0 saturated carbocycles. The molecule has 0 aliphatic heterocycles. The van der Waals surface area contributed by atoms with Crippen molar-refractivity contribution >= 4 is 10.8 Å². The highest BCUT2D eigenvalue weighted by Gasteiger charge is 2.13. The smallest absolute Gasteiger partial charge is 0.198 e. The number of hydrogen-bond donors (Lipinski definition) is 1. The molecule has 0 atom stereocenters. The van der Waals surface area contributed by atoms with Gasteiger partial charge in [-0.15, -0.1) is 0 Å². The molecule has 0 amide bonds. The predicted molar refractivity (Wildman–Crippen MR) is 76.3 cm³/mol. The molecular formula is C17H12F2O2. The fraction of sp³-hybridized carbons (Fsp3) is 0.0588. The molecule has 0 radical (unpaired) electrons. The van der Waals surface area contributed by atoms with Crippen LogP contribution in [0, 0.1) is 11.6 Å². The first-order chi connectivity index (χ1) is 10.2. The number of ether oxygens (including phenoxy) is 1. The molecule has 106 valence electrons. The molecule has 21 heavy (non-hydrogen) atoms. The molecule has 3 aromatic rings. The van der Waals surface area contributed by atoms with Gasteiger partial charge in [-0.1, -0.05) is 30.3 Å². The van der Waals surface area contributed by atoms with Crippen molar-refractivity contribution in [1.82, 2.24) is 0 Å². The molecule has 0 spiro atoms. The second kappa shape index (κ2) is 5.50. The van der Waals surface area contributed by atoms with E-state index < -0.39 is 24.0 Å². The average Bonchev–Trinajstić information content (AvgIpc) is 2.50. The number of aliphatic hydroxyl groups excluding tert-OH is 1. The molecule has 0 fully saturated rings. The van der Waals surface area contributed by atoms with E-state index in [4.69, 9.17) is 9.84 Å². The van der Waals surface area contributed by atoms with Gasteiger partial charge in [-0.05, 0) is 40.6 Å². The zero-order valence-corrected chi connectivity index (χ0v) is 11.0. The van der Waals surface area contributed by atoms with Crippen LogP contribution in [0.15, 0.2) is 54.6 Å². The van der Waals surface area contributed by atoms with E-state index in [0.29, 0.717) is 5.75 Å². The maximum absolute atomic E-state index is 13.8. The van der Waals surface area contributed by atoms with Gasteiger partial charge in [-0.2, -0.15) is 0 Å². The van der Waals surface area contributed by atoms with E-state index in [2.05, 4.69) is 0 Å². The molecule has 0 aliphatic rings. The lowest BCUT2D eigenvalue weighted by Gasteiger charge is -2.10. The quantitative estimate of drug-likeness (QED) is 0.773. The van der Waals surface area contributed by atoms with Gasteiger partial charge in [0.15, 0.2) is 17.4 Å². The van der Waals surface area contributed by atoms with Gasteiger partial charge in [0, 0.05) is 0 Å². The van der Waals surface area contributed by atoms with Crippen molar-refractivity contribution in [3.63, 3.8) is 0 Å². The third-order valence-electron chi connectivity index (χ3n) is 3.18. The Morgan fingerprint density at radius 3 is 2.19 bits per heavy atom. The van der Waals surface area contributed by atoms with Crippen molar-refractivity contribution in [3.05, 3.63) is 71.8 Å². The first kappa shape index (κ1) is 13.5. The largest absolute Gasteiger partial charge is 0.451 e. The first-order valence-corrected chi connectivity index (χ1v) is 6.43. The highest BCUT2D eigenvalue weighted by Crippen LogP contribution is 2.30. The molecule has 3 rings (SSSR count). The molecule has 0 heterocycles. The highest BCUT2D eigenvalue weighted by atomic mass is 19.1. The molecule has 0 aromatic heterocycles. The van der Waals surface area contributed by atoms with Crippen LogP contribution in [0.3, 0.4) is 0 Å². The summed E-state index contributed by atoms with van der Waals surface area (Å²) in [4.78, 5) is 0. The van der Waals surface area contributed by atoms with Crippen molar-refractivity contribution in [2.75, 3.05) is 0 Å². The van der Waals surface area contributed by atoms with Crippen LogP contribution in [0.25, 0.3) is 10.8 Å². The zero-order valence-electron chi connectivity index (χ0n) is 11.0. The van der Waals surface area contributed by atoms with Gasteiger partial charge >= 0.3 is 0 Å². The minimum atomic E-state index is -0.841. The van der Waals surface area contributed by atoms with Crippen LogP contribution in [0.5, 0.6) is 11.5 Å². The zero-order chi connectivity index (χ0) is 14.8. The van der Waals surface area contributed by atoms with Crippen LogP contribution in [0.2, 0.25) is 0 Å². The minimum Gasteiger partial charge on any atom is -0.451 e. The lowest BCUT2D eigenvalue weighted by Crippen LogP contribution is -1.95. The Morgan fingerprint density at radius 1 is 0.857 bits per heavy atom. The van der Waals surface area contributed by atoms with Gasteiger partial charge in [0.1, 0.15) is 5.75 Å². The SMILES string of the molecule is OCc1cc(F)c(Oc2ccc3ccccc3c2)c(F)c1. The van der Waals surface area contributed by atoms with Crippen LogP contribution >= 0.6 is 0 Å². The number of aliphatic hydroxyl groups is 1. The Hall–Kier alpha value is -2.46. The van der Waals surface area contributed by atoms with Crippen LogP contribution in [-0.4, -0.2) is 5.11 Å². The molecule has 4 heteroatoms. The van der Waals surface area contributed by atoms with Crippen molar-refractivity contribution in [3.8, 4) is 11.5 Å². The second-order valence-corrected chi connectivity index (χ2v) is 4.66. The Kier molecular flexibility index (Phi) is 3.54. The summed E-state index contributed by atoms with van der Waals surface area (Å²) in [5.74, 6) is -1.80. The van der Waals surface area contributed by atoms with E-state index >= 15 is 0 Å². The summed E-state index contributed by atoms with van der Waals surface area (Å²) in [6.45, 7) is -0.426. The lowest BCUT2D eigenvalue weighted by atomic mass is 10.1. The molecule has 1 N–H and O–H groups in total. The van der Waals surface area contributed by atoms with Gasteiger partial charge in [0.25, 0.3) is 0 Å². The third kappa shape index (κ3) is 2.71. The Labute approximate surface area is 120 Å². The normalized spacial score (nSPS) is 10.8. The van der Waals surface area contributed by atoms with Crippen molar-refractivity contribution < 1.29 is 18.6 Å². The summed E-state index contributed by atoms with van der Waals surface area (Å²) >= 11 is 0. The number of benzene rings is 3. The summed E-state index contributed by atoms with van der Waals surface area (Å²) in [6, 6.07) is 14.9. The van der Waals surface area contributed by atoms with Crippen LogP contribution in [0.4, 0.5) is 8.78 Å². The van der Waals surface area contributed by atoms with Crippen LogP contribution < -0.4 is 4.74 Å². The summed E-state index contributed by atoms with van der Waals surface area (Å²) in [6.07, 6.45) is 0. The minimum absolute atomic E-state index is 0.163.